The Balaban J connectivity index is 1.65. The van der Waals surface area contributed by atoms with Crippen molar-refractivity contribution in [2.75, 3.05) is 13.1 Å². The summed E-state index contributed by atoms with van der Waals surface area (Å²) in [7, 11) is 0. The molecule has 1 fully saturated rings. The third kappa shape index (κ3) is 2.53. The lowest BCUT2D eigenvalue weighted by atomic mass is 10.2. The minimum Gasteiger partial charge on any atom is -0.296 e. The molecular weight excluding hydrogens is 294 g/mol. The highest BCUT2D eigenvalue weighted by Gasteiger charge is 2.15. The summed E-state index contributed by atoms with van der Waals surface area (Å²) in [6, 6.07) is 2.17. The van der Waals surface area contributed by atoms with Gasteiger partial charge in [0.05, 0.1) is 23.0 Å². The molecule has 0 bridgehead atoms. The molecule has 3 aromatic heterocycles. The van der Waals surface area contributed by atoms with Gasteiger partial charge in [-0.2, -0.15) is 5.10 Å². The molecule has 4 rings (SSSR count). The Hall–Kier alpha value is -1.79. The summed E-state index contributed by atoms with van der Waals surface area (Å²) in [6.45, 7) is 5.35. The average molecular weight is 313 g/mol. The lowest BCUT2D eigenvalue weighted by Gasteiger charge is -2.12. The lowest BCUT2D eigenvalue weighted by Crippen LogP contribution is -2.19. The van der Waals surface area contributed by atoms with Gasteiger partial charge in [0.2, 0.25) is 0 Å². The number of rotatable bonds is 4. The van der Waals surface area contributed by atoms with E-state index in [0.29, 0.717) is 0 Å². The van der Waals surface area contributed by atoms with E-state index >= 15 is 0 Å². The minimum absolute atomic E-state index is 0.868. The first kappa shape index (κ1) is 13.8. The van der Waals surface area contributed by atoms with Crippen LogP contribution in [0.5, 0.6) is 0 Å². The van der Waals surface area contributed by atoms with Gasteiger partial charge in [-0.15, -0.1) is 11.3 Å². The highest BCUT2D eigenvalue weighted by atomic mass is 32.1. The van der Waals surface area contributed by atoms with E-state index in [4.69, 9.17) is 4.98 Å². The molecule has 6 heteroatoms. The molecule has 1 aliphatic rings. The minimum atomic E-state index is 0.868. The molecule has 5 nitrogen and oxygen atoms in total. The Bertz CT molecular complexity index is 785. The predicted molar refractivity (Wildman–Crippen MR) is 88.9 cm³/mol. The lowest BCUT2D eigenvalue weighted by molar-refractivity contribution is 0.323. The zero-order valence-electron chi connectivity index (χ0n) is 12.7. The highest BCUT2D eigenvalue weighted by molar-refractivity contribution is 7.22. The summed E-state index contributed by atoms with van der Waals surface area (Å²) in [5.41, 5.74) is 3.41. The van der Waals surface area contributed by atoms with Crippen LogP contribution in [0.3, 0.4) is 0 Å². The maximum Gasteiger partial charge on any atom is 0.143 e. The van der Waals surface area contributed by atoms with Crippen LogP contribution in [0, 0.1) is 0 Å². The molecule has 0 spiro atoms. The maximum atomic E-state index is 4.75. The molecule has 0 atom stereocenters. The number of H-pyrrole nitrogens is 1. The van der Waals surface area contributed by atoms with Gasteiger partial charge < -0.3 is 0 Å². The third-order valence-electron chi connectivity index (χ3n) is 4.22. The van der Waals surface area contributed by atoms with Crippen molar-refractivity contribution >= 4 is 21.6 Å². The Morgan fingerprint density at radius 1 is 1.27 bits per heavy atom. The van der Waals surface area contributed by atoms with Gasteiger partial charge in [0.15, 0.2) is 0 Å². The normalized spacial score (nSPS) is 15.9. The van der Waals surface area contributed by atoms with Crippen LogP contribution in [-0.4, -0.2) is 38.2 Å². The van der Waals surface area contributed by atoms with Gasteiger partial charge >= 0.3 is 0 Å². The molecule has 0 amide bonds. The molecule has 3 aromatic rings. The average Bonchev–Trinajstić information content (AvgIpc) is 3.26. The van der Waals surface area contributed by atoms with Crippen molar-refractivity contribution < 1.29 is 0 Å². The molecule has 0 aromatic carbocycles. The summed E-state index contributed by atoms with van der Waals surface area (Å²) >= 11 is 1.74. The fourth-order valence-corrected chi connectivity index (χ4v) is 4.03. The molecule has 4 heterocycles. The van der Waals surface area contributed by atoms with Gasteiger partial charge in [0.1, 0.15) is 5.82 Å². The number of nitrogens with one attached hydrogen (secondary N) is 1. The topological polar surface area (TPSA) is 57.7 Å². The SMILES string of the molecule is CCc1[nH]ncc1-c1cc2nc(CN3CCCC3)ncc2s1. The fourth-order valence-electron chi connectivity index (χ4n) is 3.02. The van der Waals surface area contributed by atoms with Crippen molar-refractivity contribution in [3.63, 3.8) is 0 Å². The van der Waals surface area contributed by atoms with E-state index in [0.717, 1.165) is 29.0 Å². The molecular formula is C16H19N5S. The Kier molecular flexibility index (Phi) is 3.63. The standard InChI is InChI=1S/C16H19N5S/c1-2-12-11(8-18-20-12)14-7-13-15(22-14)9-17-16(19-13)10-21-5-3-4-6-21/h7-9H,2-6,10H2,1H3,(H,18,20). The van der Waals surface area contributed by atoms with Gasteiger partial charge in [0.25, 0.3) is 0 Å². The molecule has 0 saturated carbocycles. The molecule has 1 aliphatic heterocycles. The molecule has 1 saturated heterocycles. The van der Waals surface area contributed by atoms with Gasteiger partial charge in [-0.05, 0) is 38.4 Å². The number of hydrogen-bond donors (Lipinski definition) is 1. The molecule has 114 valence electrons. The van der Waals surface area contributed by atoms with Crippen molar-refractivity contribution in [1.29, 1.82) is 0 Å². The van der Waals surface area contributed by atoms with E-state index < -0.39 is 0 Å². The molecule has 22 heavy (non-hydrogen) atoms. The third-order valence-corrected chi connectivity index (χ3v) is 5.31. The summed E-state index contributed by atoms with van der Waals surface area (Å²) < 4.78 is 1.14. The van der Waals surface area contributed by atoms with Crippen LogP contribution >= 0.6 is 11.3 Å². The first-order valence-corrected chi connectivity index (χ1v) is 8.65. The van der Waals surface area contributed by atoms with Crippen LogP contribution in [0.25, 0.3) is 20.7 Å². The van der Waals surface area contributed by atoms with E-state index in [-0.39, 0.29) is 0 Å². The van der Waals surface area contributed by atoms with Gasteiger partial charge in [-0.1, -0.05) is 6.92 Å². The van der Waals surface area contributed by atoms with Crippen LogP contribution in [0.15, 0.2) is 18.5 Å². The summed E-state index contributed by atoms with van der Waals surface area (Å²) in [6.07, 6.45) is 7.42. The van der Waals surface area contributed by atoms with Crippen LogP contribution < -0.4 is 0 Å². The fraction of sp³-hybridized carbons (Fsp3) is 0.438. The maximum absolute atomic E-state index is 4.75. The molecule has 0 aliphatic carbocycles. The van der Waals surface area contributed by atoms with Crippen LogP contribution in [0.4, 0.5) is 0 Å². The number of thiophene rings is 1. The second kappa shape index (κ2) is 5.78. The van der Waals surface area contributed by atoms with E-state index in [1.807, 2.05) is 12.4 Å². The monoisotopic (exact) mass is 313 g/mol. The predicted octanol–water partition coefficient (Wildman–Crippen LogP) is 3.24. The summed E-state index contributed by atoms with van der Waals surface area (Å²) in [5, 5.41) is 7.24. The smallest absolute Gasteiger partial charge is 0.143 e. The number of aryl methyl sites for hydroxylation is 1. The molecule has 1 N–H and O–H groups in total. The van der Waals surface area contributed by atoms with E-state index in [2.05, 4.69) is 33.1 Å². The second-order valence-electron chi connectivity index (χ2n) is 5.75. The van der Waals surface area contributed by atoms with Crippen molar-refractivity contribution in [3.05, 3.63) is 30.0 Å². The van der Waals surface area contributed by atoms with Gasteiger partial charge in [-0.3, -0.25) is 10.00 Å². The van der Waals surface area contributed by atoms with Crippen molar-refractivity contribution in [3.8, 4) is 10.4 Å². The van der Waals surface area contributed by atoms with Crippen molar-refractivity contribution in [2.24, 2.45) is 0 Å². The molecule has 0 unspecified atom stereocenters. The highest BCUT2D eigenvalue weighted by Crippen LogP contribution is 2.33. The van der Waals surface area contributed by atoms with E-state index in [1.165, 1.54) is 42.1 Å². The van der Waals surface area contributed by atoms with Crippen LogP contribution in [0.2, 0.25) is 0 Å². The number of nitrogens with zero attached hydrogens (tertiary/aromatic N) is 4. The Labute approximate surface area is 133 Å². The number of hydrogen-bond acceptors (Lipinski definition) is 5. The van der Waals surface area contributed by atoms with E-state index in [1.54, 1.807) is 11.3 Å². The van der Waals surface area contributed by atoms with Gasteiger partial charge in [0, 0.05) is 22.3 Å². The number of aromatic nitrogens is 4. The van der Waals surface area contributed by atoms with Crippen molar-refractivity contribution in [1.82, 2.24) is 25.1 Å². The summed E-state index contributed by atoms with van der Waals surface area (Å²) in [5.74, 6) is 0.932. The first-order valence-electron chi connectivity index (χ1n) is 7.84. The zero-order chi connectivity index (χ0) is 14.9. The Morgan fingerprint density at radius 2 is 2.14 bits per heavy atom. The van der Waals surface area contributed by atoms with Crippen LogP contribution in [0.1, 0.15) is 31.3 Å². The van der Waals surface area contributed by atoms with Crippen molar-refractivity contribution in [2.45, 2.75) is 32.7 Å². The number of aromatic amines is 1. The number of fused-ring (bicyclic) bond motifs is 1. The second-order valence-corrected chi connectivity index (χ2v) is 6.83. The molecule has 0 radical (unpaired) electrons. The quantitative estimate of drug-likeness (QED) is 0.803. The van der Waals surface area contributed by atoms with E-state index in [9.17, 15) is 0 Å². The number of likely N-dealkylation sites (tertiary alicyclic amines) is 1. The van der Waals surface area contributed by atoms with Crippen LogP contribution in [-0.2, 0) is 13.0 Å². The summed E-state index contributed by atoms with van der Waals surface area (Å²) in [4.78, 5) is 12.9. The Morgan fingerprint density at radius 3 is 2.95 bits per heavy atom. The first-order chi connectivity index (χ1) is 10.8. The largest absolute Gasteiger partial charge is 0.296 e. The van der Waals surface area contributed by atoms with Gasteiger partial charge in [-0.25, -0.2) is 9.97 Å². The zero-order valence-corrected chi connectivity index (χ0v) is 13.5.